The number of phenols is 2. The van der Waals surface area contributed by atoms with Crippen molar-refractivity contribution in [1.82, 2.24) is 10.6 Å². The minimum atomic E-state index is -0.227. The van der Waals surface area contributed by atoms with Gasteiger partial charge >= 0.3 is 0 Å². The molecule has 0 aliphatic carbocycles. The Morgan fingerprint density at radius 2 is 1.94 bits per heavy atom. The van der Waals surface area contributed by atoms with Gasteiger partial charge in [-0.1, -0.05) is 0 Å². The van der Waals surface area contributed by atoms with Crippen LogP contribution in [0, 0.1) is 0 Å². The number of amides is 1. The van der Waals surface area contributed by atoms with E-state index in [9.17, 15) is 15.0 Å². The average Bonchev–Trinajstić information content (AvgIpc) is 2.26. The van der Waals surface area contributed by atoms with Crippen molar-refractivity contribution in [2.24, 2.45) is 0 Å². The summed E-state index contributed by atoms with van der Waals surface area (Å²) in [6, 6.07) is 2.91. The number of piperazine rings is 1. The van der Waals surface area contributed by atoms with Gasteiger partial charge in [0.25, 0.3) is 0 Å². The zero-order chi connectivity index (χ0) is 11.3. The fourth-order valence-electron chi connectivity index (χ4n) is 2.41. The van der Waals surface area contributed by atoms with Gasteiger partial charge in [-0.3, -0.25) is 10.1 Å². The molecule has 0 spiro atoms. The smallest absolute Gasteiger partial charge is 0.237 e. The molecule has 5 heteroatoms. The highest BCUT2D eigenvalue weighted by atomic mass is 16.3. The van der Waals surface area contributed by atoms with Gasteiger partial charge in [0.2, 0.25) is 5.91 Å². The van der Waals surface area contributed by atoms with Crippen molar-refractivity contribution in [3.05, 3.63) is 23.3 Å². The Balaban J connectivity index is 2.09. The second-order valence-corrected chi connectivity index (χ2v) is 4.26. The van der Waals surface area contributed by atoms with Gasteiger partial charge in [-0.15, -0.1) is 0 Å². The first kappa shape index (κ1) is 9.47. The van der Waals surface area contributed by atoms with Gasteiger partial charge in [0, 0.05) is 6.54 Å². The number of rotatable bonds is 0. The highest BCUT2D eigenvalue weighted by Crippen LogP contribution is 2.35. The van der Waals surface area contributed by atoms with Crippen molar-refractivity contribution < 1.29 is 15.0 Å². The van der Waals surface area contributed by atoms with Crippen LogP contribution in [0.3, 0.4) is 0 Å². The molecule has 0 radical (unpaired) electrons. The molecule has 84 valence electrons. The molecule has 5 nitrogen and oxygen atoms in total. The Morgan fingerprint density at radius 3 is 2.75 bits per heavy atom. The van der Waals surface area contributed by atoms with Crippen molar-refractivity contribution in [3.8, 4) is 11.5 Å². The SMILES string of the molecule is O=C1NC[C@H]2N[C@H]1Cc1cc(O)c(O)cc12. The van der Waals surface area contributed by atoms with Crippen LogP contribution in [0.4, 0.5) is 0 Å². The van der Waals surface area contributed by atoms with Gasteiger partial charge in [-0.25, -0.2) is 0 Å². The van der Waals surface area contributed by atoms with Crippen LogP contribution in [0.25, 0.3) is 0 Å². The molecule has 1 saturated heterocycles. The number of aromatic hydroxyl groups is 2. The van der Waals surface area contributed by atoms with Crippen molar-refractivity contribution in [3.63, 3.8) is 0 Å². The van der Waals surface area contributed by atoms with E-state index in [4.69, 9.17) is 0 Å². The predicted molar refractivity (Wildman–Crippen MR) is 56.2 cm³/mol. The highest BCUT2D eigenvalue weighted by Gasteiger charge is 2.35. The lowest BCUT2D eigenvalue weighted by atomic mass is 9.87. The molecule has 2 heterocycles. The molecule has 2 aliphatic rings. The first-order valence-electron chi connectivity index (χ1n) is 5.23. The van der Waals surface area contributed by atoms with Gasteiger partial charge in [0.05, 0.1) is 12.1 Å². The van der Waals surface area contributed by atoms with Gasteiger partial charge in [-0.05, 0) is 29.7 Å². The maximum Gasteiger partial charge on any atom is 0.237 e. The maximum atomic E-state index is 11.5. The fourth-order valence-corrected chi connectivity index (χ4v) is 2.41. The van der Waals surface area contributed by atoms with Gasteiger partial charge in [0.1, 0.15) is 0 Å². The minimum Gasteiger partial charge on any atom is -0.504 e. The second kappa shape index (κ2) is 3.12. The Kier molecular flexibility index (Phi) is 1.85. The van der Waals surface area contributed by atoms with Gasteiger partial charge in [-0.2, -0.15) is 0 Å². The molecule has 2 atom stereocenters. The maximum absolute atomic E-state index is 11.5. The van der Waals surface area contributed by atoms with Gasteiger partial charge < -0.3 is 15.5 Å². The molecule has 0 aromatic heterocycles. The van der Waals surface area contributed by atoms with Crippen molar-refractivity contribution in [2.75, 3.05) is 6.54 Å². The molecule has 1 fully saturated rings. The van der Waals surface area contributed by atoms with Gasteiger partial charge in [0.15, 0.2) is 11.5 Å². The first-order chi connectivity index (χ1) is 7.65. The molecule has 2 aliphatic heterocycles. The number of benzene rings is 1. The van der Waals surface area contributed by atoms with Crippen molar-refractivity contribution >= 4 is 5.91 Å². The summed E-state index contributed by atoms with van der Waals surface area (Å²) in [6.07, 6.45) is 0.547. The third kappa shape index (κ3) is 1.25. The fraction of sp³-hybridized carbons (Fsp3) is 0.364. The largest absolute Gasteiger partial charge is 0.504 e. The molecule has 1 amide bonds. The Morgan fingerprint density at radius 1 is 1.19 bits per heavy atom. The number of hydrogen-bond donors (Lipinski definition) is 4. The van der Waals surface area contributed by atoms with E-state index >= 15 is 0 Å². The van der Waals surface area contributed by atoms with E-state index in [0.29, 0.717) is 13.0 Å². The third-order valence-corrected chi connectivity index (χ3v) is 3.24. The summed E-state index contributed by atoms with van der Waals surface area (Å²) in [4.78, 5) is 11.5. The van der Waals surface area contributed by atoms with Crippen LogP contribution < -0.4 is 10.6 Å². The van der Waals surface area contributed by atoms with Crippen LogP contribution in [0.1, 0.15) is 17.2 Å². The molecular formula is C11H12N2O3. The molecular weight excluding hydrogens is 208 g/mol. The van der Waals surface area contributed by atoms with E-state index < -0.39 is 0 Å². The first-order valence-corrected chi connectivity index (χ1v) is 5.23. The van der Waals surface area contributed by atoms with Crippen LogP contribution >= 0.6 is 0 Å². The Hall–Kier alpha value is -1.75. The molecule has 16 heavy (non-hydrogen) atoms. The van der Waals surface area contributed by atoms with Crippen molar-refractivity contribution in [1.29, 1.82) is 0 Å². The normalized spacial score (nSPS) is 27.1. The molecule has 1 aromatic rings. The van der Waals surface area contributed by atoms with E-state index in [-0.39, 0.29) is 29.5 Å². The summed E-state index contributed by atoms with van der Waals surface area (Å²) in [5.74, 6) is -0.246. The Labute approximate surface area is 92.1 Å². The van der Waals surface area contributed by atoms with E-state index in [1.54, 1.807) is 12.1 Å². The number of nitrogens with one attached hydrogen (secondary N) is 2. The topological polar surface area (TPSA) is 81.6 Å². The third-order valence-electron chi connectivity index (χ3n) is 3.24. The zero-order valence-corrected chi connectivity index (χ0v) is 8.53. The van der Waals surface area contributed by atoms with Crippen molar-refractivity contribution in [2.45, 2.75) is 18.5 Å². The lowest BCUT2D eigenvalue weighted by Gasteiger charge is -2.37. The summed E-state index contributed by atoms with van der Waals surface area (Å²) in [5, 5.41) is 24.9. The van der Waals surface area contributed by atoms with Crippen LogP contribution in [-0.2, 0) is 11.2 Å². The monoisotopic (exact) mass is 220 g/mol. The van der Waals surface area contributed by atoms with Crippen LogP contribution in [0.5, 0.6) is 11.5 Å². The lowest BCUT2D eigenvalue weighted by Crippen LogP contribution is -2.57. The highest BCUT2D eigenvalue weighted by molar-refractivity contribution is 5.83. The molecule has 0 saturated carbocycles. The van der Waals surface area contributed by atoms with E-state index in [1.165, 1.54) is 0 Å². The summed E-state index contributed by atoms with van der Waals surface area (Å²) in [6.45, 7) is 0.520. The predicted octanol–water partition coefficient (Wildman–Crippen LogP) is -0.217. The summed E-state index contributed by atoms with van der Waals surface area (Å²) < 4.78 is 0. The number of carbonyl (C=O) groups excluding carboxylic acids is 1. The standard InChI is InChI=1S/C11H12N2O3/c14-9-2-5-1-7-11(16)12-4-8(13-7)6(5)3-10(9)15/h2-3,7-8,13-15H,1,4H2,(H,12,16)/t7-,8+/m0/s1. The molecule has 3 rings (SSSR count). The summed E-state index contributed by atoms with van der Waals surface area (Å²) in [7, 11) is 0. The van der Waals surface area contributed by atoms with Crippen LogP contribution in [-0.4, -0.2) is 28.7 Å². The van der Waals surface area contributed by atoms with E-state index in [1.807, 2.05) is 0 Å². The van der Waals surface area contributed by atoms with Crippen LogP contribution in [0.2, 0.25) is 0 Å². The average molecular weight is 220 g/mol. The van der Waals surface area contributed by atoms with Crippen LogP contribution in [0.15, 0.2) is 12.1 Å². The molecule has 0 unspecified atom stereocenters. The number of carbonyl (C=O) groups is 1. The Bertz CT molecular complexity index is 473. The molecule has 1 aromatic carbocycles. The number of hydrogen-bond acceptors (Lipinski definition) is 4. The molecule has 4 N–H and O–H groups in total. The van der Waals surface area contributed by atoms with E-state index in [2.05, 4.69) is 10.6 Å². The number of fused-ring (bicyclic) bond motifs is 4. The summed E-state index contributed by atoms with van der Waals surface area (Å²) >= 11 is 0. The number of phenolic OH excluding ortho intramolecular Hbond substituents is 2. The quantitative estimate of drug-likeness (QED) is 0.456. The van der Waals surface area contributed by atoms with E-state index in [0.717, 1.165) is 11.1 Å². The second-order valence-electron chi connectivity index (χ2n) is 4.26. The summed E-state index contributed by atoms with van der Waals surface area (Å²) in [5.41, 5.74) is 1.88. The molecule has 2 bridgehead atoms. The minimum absolute atomic E-state index is 0.00513. The zero-order valence-electron chi connectivity index (χ0n) is 8.53. The lowest BCUT2D eigenvalue weighted by molar-refractivity contribution is -0.125.